The first kappa shape index (κ1) is 14.0. The van der Waals surface area contributed by atoms with Crippen molar-refractivity contribution in [2.75, 3.05) is 0 Å². The van der Waals surface area contributed by atoms with E-state index in [2.05, 4.69) is 25.8 Å². The molecule has 100 valence electrons. The molecule has 0 amide bonds. The summed E-state index contributed by atoms with van der Waals surface area (Å²) in [5, 5.41) is 10.7. The van der Waals surface area contributed by atoms with Crippen LogP contribution in [-0.4, -0.2) is 10.1 Å². The zero-order valence-electron chi connectivity index (χ0n) is 11.4. The third kappa shape index (κ3) is 3.14. The first-order valence-corrected chi connectivity index (χ1v) is 6.66. The van der Waals surface area contributed by atoms with E-state index in [1.165, 1.54) is 5.56 Å². The molecule has 1 unspecified atom stereocenters. The minimum Gasteiger partial charge on any atom is -0.384 e. The van der Waals surface area contributed by atoms with Gasteiger partial charge in [-0.3, -0.25) is 0 Å². The molecule has 0 fully saturated rings. The number of hydrogen-bond donors (Lipinski definition) is 1. The number of nitrogens with zero attached hydrogens (tertiary/aromatic N) is 1. The largest absolute Gasteiger partial charge is 0.384 e. The van der Waals surface area contributed by atoms with Gasteiger partial charge in [0.2, 0.25) is 0 Å². The summed E-state index contributed by atoms with van der Waals surface area (Å²) >= 11 is 6.00. The van der Waals surface area contributed by atoms with Crippen molar-refractivity contribution >= 4 is 11.6 Å². The summed E-state index contributed by atoms with van der Waals surface area (Å²) in [5.74, 6) is 0. The Labute approximate surface area is 119 Å². The summed E-state index contributed by atoms with van der Waals surface area (Å²) in [7, 11) is 0. The van der Waals surface area contributed by atoms with Crippen molar-refractivity contribution in [2.45, 2.75) is 32.3 Å². The van der Waals surface area contributed by atoms with Crippen LogP contribution in [0.1, 0.15) is 43.6 Å². The second kappa shape index (κ2) is 5.32. The molecule has 1 aromatic heterocycles. The molecule has 0 bridgehead atoms. The van der Waals surface area contributed by atoms with Crippen LogP contribution in [-0.2, 0) is 5.41 Å². The second-order valence-corrected chi connectivity index (χ2v) is 6.02. The summed E-state index contributed by atoms with van der Waals surface area (Å²) in [6.45, 7) is 6.49. The summed E-state index contributed by atoms with van der Waals surface area (Å²) < 4.78 is 0. The molecule has 0 aliphatic heterocycles. The lowest BCUT2D eigenvalue weighted by molar-refractivity contribution is 0.220. The number of aliphatic hydroxyl groups excluding tert-OH is 1. The van der Waals surface area contributed by atoms with Crippen LogP contribution in [0.15, 0.2) is 42.6 Å². The molecule has 0 spiro atoms. The monoisotopic (exact) mass is 275 g/mol. The molecule has 1 heterocycles. The van der Waals surface area contributed by atoms with Crippen LogP contribution in [0.5, 0.6) is 0 Å². The second-order valence-electron chi connectivity index (χ2n) is 5.66. The number of benzene rings is 1. The van der Waals surface area contributed by atoms with E-state index in [1.807, 2.05) is 24.3 Å². The van der Waals surface area contributed by atoms with Crippen LogP contribution in [0.25, 0.3) is 0 Å². The lowest BCUT2D eigenvalue weighted by Crippen LogP contribution is -2.11. The molecule has 0 aliphatic rings. The number of aliphatic hydroxyl groups is 1. The third-order valence-electron chi connectivity index (χ3n) is 3.17. The molecule has 0 saturated carbocycles. The first-order chi connectivity index (χ1) is 8.89. The maximum Gasteiger partial charge on any atom is 0.135 e. The number of rotatable bonds is 2. The van der Waals surface area contributed by atoms with E-state index in [-0.39, 0.29) is 5.41 Å². The molecule has 1 aromatic carbocycles. The van der Waals surface area contributed by atoms with Gasteiger partial charge in [0.15, 0.2) is 0 Å². The number of halogens is 1. The van der Waals surface area contributed by atoms with E-state index >= 15 is 0 Å². The van der Waals surface area contributed by atoms with Gasteiger partial charge >= 0.3 is 0 Å². The van der Waals surface area contributed by atoms with Gasteiger partial charge in [0.25, 0.3) is 0 Å². The van der Waals surface area contributed by atoms with Gasteiger partial charge in [-0.25, -0.2) is 4.98 Å². The molecule has 2 aromatic rings. The lowest BCUT2D eigenvalue weighted by atomic mass is 9.86. The predicted molar refractivity (Wildman–Crippen MR) is 78.5 cm³/mol. The van der Waals surface area contributed by atoms with Gasteiger partial charge in [0, 0.05) is 11.8 Å². The van der Waals surface area contributed by atoms with Crippen LogP contribution in [0.3, 0.4) is 0 Å². The van der Waals surface area contributed by atoms with Crippen LogP contribution >= 0.6 is 11.6 Å². The molecule has 0 saturated heterocycles. The Kier molecular flexibility index (Phi) is 3.93. The topological polar surface area (TPSA) is 33.1 Å². The molecule has 19 heavy (non-hydrogen) atoms. The summed E-state index contributed by atoms with van der Waals surface area (Å²) in [5.41, 5.74) is 2.80. The Morgan fingerprint density at radius 3 is 2.26 bits per heavy atom. The molecule has 0 aliphatic carbocycles. The van der Waals surface area contributed by atoms with E-state index in [1.54, 1.807) is 18.3 Å². The van der Waals surface area contributed by atoms with Crippen molar-refractivity contribution in [2.24, 2.45) is 0 Å². The first-order valence-electron chi connectivity index (χ1n) is 6.28. The van der Waals surface area contributed by atoms with Gasteiger partial charge in [-0.15, -0.1) is 0 Å². The average molecular weight is 276 g/mol. The Morgan fingerprint density at radius 2 is 1.74 bits per heavy atom. The molecular weight excluding hydrogens is 258 g/mol. The van der Waals surface area contributed by atoms with Gasteiger partial charge in [0.05, 0.1) is 0 Å². The van der Waals surface area contributed by atoms with Crippen LogP contribution in [0.4, 0.5) is 0 Å². The zero-order chi connectivity index (χ0) is 14.0. The summed E-state index contributed by atoms with van der Waals surface area (Å²) in [4.78, 5) is 3.99. The van der Waals surface area contributed by atoms with Crippen molar-refractivity contribution in [3.8, 4) is 0 Å². The van der Waals surface area contributed by atoms with E-state index in [0.29, 0.717) is 10.7 Å². The normalized spacial score (nSPS) is 13.3. The zero-order valence-corrected chi connectivity index (χ0v) is 12.1. The van der Waals surface area contributed by atoms with Crippen molar-refractivity contribution in [1.29, 1.82) is 0 Å². The van der Waals surface area contributed by atoms with Gasteiger partial charge in [-0.1, -0.05) is 62.7 Å². The van der Waals surface area contributed by atoms with Crippen molar-refractivity contribution in [3.63, 3.8) is 0 Å². The fourth-order valence-electron chi connectivity index (χ4n) is 1.95. The highest BCUT2D eigenvalue weighted by Crippen LogP contribution is 2.29. The predicted octanol–water partition coefficient (Wildman–Crippen LogP) is 4.11. The Balaban J connectivity index is 2.31. The van der Waals surface area contributed by atoms with Crippen molar-refractivity contribution in [1.82, 2.24) is 4.98 Å². The molecule has 1 atom stereocenters. The smallest absolute Gasteiger partial charge is 0.135 e. The average Bonchev–Trinajstić information content (AvgIpc) is 2.38. The molecule has 2 rings (SSSR count). The maximum absolute atomic E-state index is 10.3. The highest BCUT2D eigenvalue weighted by Gasteiger charge is 2.17. The maximum atomic E-state index is 10.3. The van der Waals surface area contributed by atoms with Crippen molar-refractivity contribution in [3.05, 3.63) is 64.4 Å². The number of hydrogen-bond acceptors (Lipinski definition) is 2. The van der Waals surface area contributed by atoms with E-state index in [9.17, 15) is 5.11 Å². The number of aromatic nitrogens is 1. The van der Waals surface area contributed by atoms with E-state index < -0.39 is 6.10 Å². The Morgan fingerprint density at radius 1 is 1.11 bits per heavy atom. The van der Waals surface area contributed by atoms with Gasteiger partial charge in [-0.2, -0.15) is 0 Å². The molecule has 1 N–H and O–H groups in total. The minimum absolute atomic E-state index is 0.107. The van der Waals surface area contributed by atoms with Crippen LogP contribution in [0, 0.1) is 0 Å². The molecular formula is C16H18ClNO. The highest BCUT2D eigenvalue weighted by molar-refractivity contribution is 6.30. The fourth-order valence-corrected chi connectivity index (χ4v) is 2.17. The van der Waals surface area contributed by atoms with Crippen LogP contribution < -0.4 is 0 Å². The van der Waals surface area contributed by atoms with Crippen LogP contribution in [0.2, 0.25) is 5.15 Å². The summed E-state index contributed by atoms with van der Waals surface area (Å²) in [6.07, 6.45) is 0.872. The Bertz CT molecular complexity index is 558. The summed E-state index contributed by atoms with van der Waals surface area (Å²) in [6, 6.07) is 11.5. The SMILES string of the molecule is CC(C)(C)c1ccc(C(O)c2cccnc2Cl)cc1. The van der Waals surface area contributed by atoms with Gasteiger partial charge < -0.3 is 5.11 Å². The molecule has 3 heteroatoms. The Hall–Kier alpha value is -1.38. The van der Waals surface area contributed by atoms with E-state index in [4.69, 9.17) is 11.6 Å². The quantitative estimate of drug-likeness (QED) is 0.837. The van der Waals surface area contributed by atoms with E-state index in [0.717, 1.165) is 5.56 Å². The minimum atomic E-state index is -0.741. The highest BCUT2D eigenvalue weighted by atomic mass is 35.5. The lowest BCUT2D eigenvalue weighted by Gasteiger charge is -2.20. The van der Waals surface area contributed by atoms with Crippen molar-refractivity contribution < 1.29 is 5.11 Å². The van der Waals surface area contributed by atoms with Gasteiger partial charge in [-0.05, 0) is 22.6 Å². The third-order valence-corrected chi connectivity index (χ3v) is 3.49. The van der Waals surface area contributed by atoms with Gasteiger partial charge in [0.1, 0.15) is 11.3 Å². The standard InChI is InChI=1S/C16H18ClNO/c1-16(2,3)12-8-6-11(7-9-12)14(19)13-5-4-10-18-15(13)17/h4-10,14,19H,1-3H3. The fraction of sp³-hybridized carbons (Fsp3) is 0.312. The molecule has 0 radical (unpaired) electrons. The molecule has 2 nitrogen and oxygen atoms in total. The number of pyridine rings is 1.